The van der Waals surface area contributed by atoms with Crippen LogP contribution in [0.15, 0.2) is 21.2 Å². The van der Waals surface area contributed by atoms with Gasteiger partial charge in [0.05, 0.1) is 6.26 Å². The van der Waals surface area contributed by atoms with Crippen LogP contribution >= 0.6 is 15.9 Å². The van der Waals surface area contributed by atoms with E-state index in [9.17, 15) is 8.78 Å². The predicted molar refractivity (Wildman–Crippen MR) is 61.5 cm³/mol. The number of furan rings is 1. The van der Waals surface area contributed by atoms with Crippen LogP contribution < -0.4 is 5.32 Å². The van der Waals surface area contributed by atoms with Crippen molar-refractivity contribution in [2.45, 2.75) is 6.42 Å². The first kappa shape index (κ1) is 11.5. The van der Waals surface area contributed by atoms with Crippen LogP contribution in [0.25, 0.3) is 11.0 Å². The molecule has 1 aromatic heterocycles. The maximum absolute atomic E-state index is 13.4. The zero-order valence-corrected chi connectivity index (χ0v) is 10.2. The van der Waals surface area contributed by atoms with Crippen molar-refractivity contribution in [1.82, 2.24) is 5.32 Å². The maximum atomic E-state index is 13.4. The molecule has 2 aromatic rings. The van der Waals surface area contributed by atoms with E-state index in [-0.39, 0.29) is 5.58 Å². The molecule has 1 heterocycles. The van der Waals surface area contributed by atoms with Crippen LogP contribution in [-0.2, 0) is 6.42 Å². The highest BCUT2D eigenvalue weighted by molar-refractivity contribution is 9.10. The number of benzene rings is 1. The van der Waals surface area contributed by atoms with Gasteiger partial charge in [-0.3, -0.25) is 0 Å². The second-order valence-electron chi connectivity index (χ2n) is 3.47. The van der Waals surface area contributed by atoms with Crippen molar-refractivity contribution in [1.29, 1.82) is 0 Å². The average molecular weight is 290 g/mol. The van der Waals surface area contributed by atoms with Gasteiger partial charge in [0.25, 0.3) is 0 Å². The Labute approximate surface area is 99.8 Å². The molecule has 16 heavy (non-hydrogen) atoms. The summed E-state index contributed by atoms with van der Waals surface area (Å²) in [4.78, 5) is 0. The Morgan fingerprint density at radius 3 is 2.88 bits per heavy atom. The highest BCUT2D eigenvalue weighted by Gasteiger charge is 2.17. The summed E-state index contributed by atoms with van der Waals surface area (Å²) in [5.41, 5.74) is 0.827. The summed E-state index contributed by atoms with van der Waals surface area (Å²) in [5.74, 6) is -1.84. The number of hydrogen-bond donors (Lipinski definition) is 1. The van der Waals surface area contributed by atoms with E-state index < -0.39 is 11.6 Å². The zero-order chi connectivity index (χ0) is 11.7. The fourth-order valence-corrected chi connectivity index (χ4v) is 2.25. The van der Waals surface area contributed by atoms with Crippen LogP contribution in [0.5, 0.6) is 0 Å². The van der Waals surface area contributed by atoms with E-state index in [1.54, 1.807) is 0 Å². The predicted octanol–water partition coefficient (Wildman–Crippen LogP) is 3.24. The van der Waals surface area contributed by atoms with E-state index in [0.29, 0.717) is 16.3 Å². The molecule has 0 aliphatic rings. The first-order valence-corrected chi connectivity index (χ1v) is 5.62. The van der Waals surface area contributed by atoms with Crippen molar-refractivity contribution >= 4 is 26.9 Å². The quantitative estimate of drug-likeness (QED) is 0.878. The molecule has 0 amide bonds. The average Bonchev–Trinajstić information content (AvgIpc) is 2.67. The number of fused-ring (bicyclic) bond motifs is 1. The Morgan fingerprint density at radius 2 is 2.19 bits per heavy atom. The minimum absolute atomic E-state index is 0.0296. The SMILES string of the molecule is CNCCc1coc2c(F)c(F)cc(Br)c12. The lowest BCUT2D eigenvalue weighted by Crippen LogP contribution is -2.09. The molecule has 0 spiro atoms. The number of likely N-dealkylation sites (N-methyl/N-ethyl adjacent to an activating group) is 1. The fraction of sp³-hybridized carbons (Fsp3) is 0.273. The highest BCUT2D eigenvalue weighted by atomic mass is 79.9. The minimum atomic E-state index is -0.936. The molecule has 0 atom stereocenters. The van der Waals surface area contributed by atoms with Crippen LogP contribution in [0.2, 0.25) is 0 Å². The van der Waals surface area contributed by atoms with E-state index in [1.807, 2.05) is 7.05 Å². The highest BCUT2D eigenvalue weighted by Crippen LogP contribution is 2.32. The fourth-order valence-electron chi connectivity index (χ4n) is 1.62. The molecule has 1 N–H and O–H groups in total. The van der Waals surface area contributed by atoms with Crippen LogP contribution in [0.3, 0.4) is 0 Å². The lowest BCUT2D eigenvalue weighted by Gasteiger charge is -2.00. The first-order chi connectivity index (χ1) is 7.65. The molecule has 1 aromatic carbocycles. The summed E-state index contributed by atoms with van der Waals surface area (Å²) in [7, 11) is 1.83. The van der Waals surface area contributed by atoms with Crippen molar-refractivity contribution in [3.05, 3.63) is 34.0 Å². The third kappa shape index (κ3) is 1.85. The Bertz CT molecular complexity index is 524. The summed E-state index contributed by atoms with van der Waals surface area (Å²) in [6, 6.07) is 1.12. The smallest absolute Gasteiger partial charge is 0.201 e. The number of hydrogen-bond acceptors (Lipinski definition) is 2. The van der Waals surface area contributed by atoms with Gasteiger partial charge in [-0.05, 0) is 42.0 Å². The van der Waals surface area contributed by atoms with E-state index in [2.05, 4.69) is 21.2 Å². The summed E-state index contributed by atoms with van der Waals surface area (Å²) in [5, 5.41) is 3.60. The zero-order valence-electron chi connectivity index (χ0n) is 8.61. The van der Waals surface area contributed by atoms with E-state index in [1.165, 1.54) is 6.26 Å². The molecule has 0 saturated carbocycles. The van der Waals surface area contributed by atoms with Crippen molar-refractivity contribution < 1.29 is 13.2 Å². The van der Waals surface area contributed by atoms with Crippen LogP contribution in [0.1, 0.15) is 5.56 Å². The second-order valence-corrected chi connectivity index (χ2v) is 4.33. The molecule has 0 aliphatic carbocycles. The van der Waals surface area contributed by atoms with Gasteiger partial charge in [-0.25, -0.2) is 4.39 Å². The van der Waals surface area contributed by atoms with Gasteiger partial charge in [0.15, 0.2) is 11.4 Å². The molecule has 0 radical (unpaired) electrons. The molecule has 0 aliphatic heterocycles. The number of halogens is 3. The monoisotopic (exact) mass is 289 g/mol. The molecular formula is C11H10BrF2NO. The van der Waals surface area contributed by atoms with Crippen molar-refractivity contribution in [3.8, 4) is 0 Å². The number of nitrogens with one attached hydrogen (secondary N) is 1. The van der Waals surface area contributed by atoms with E-state index in [4.69, 9.17) is 4.42 Å². The summed E-state index contributed by atoms with van der Waals surface area (Å²) in [6.07, 6.45) is 2.17. The van der Waals surface area contributed by atoms with Gasteiger partial charge in [-0.1, -0.05) is 0 Å². The first-order valence-electron chi connectivity index (χ1n) is 4.83. The third-order valence-electron chi connectivity index (χ3n) is 2.41. The molecule has 0 fully saturated rings. The Morgan fingerprint density at radius 1 is 1.44 bits per heavy atom. The molecule has 0 saturated heterocycles. The van der Waals surface area contributed by atoms with Crippen LogP contribution in [0.4, 0.5) is 8.78 Å². The lowest BCUT2D eigenvalue weighted by molar-refractivity contribution is 0.491. The molecule has 5 heteroatoms. The van der Waals surface area contributed by atoms with Crippen LogP contribution in [-0.4, -0.2) is 13.6 Å². The van der Waals surface area contributed by atoms with E-state index in [0.717, 1.165) is 18.2 Å². The molecule has 86 valence electrons. The molecule has 2 rings (SSSR count). The van der Waals surface area contributed by atoms with Gasteiger partial charge in [-0.15, -0.1) is 0 Å². The summed E-state index contributed by atoms with van der Waals surface area (Å²) in [6.45, 7) is 0.750. The van der Waals surface area contributed by atoms with Gasteiger partial charge in [0, 0.05) is 15.4 Å². The standard InChI is InChI=1S/C11H10BrF2NO/c1-15-3-2-6-5-16-11-9(6)7(12)4-8(13)10(11)14/h4-5,15H,2-3H2,1H3. The molecule has 0 bridgehead atoms. The van der Waals surface area contributed by atoms with Crippen molar-refractivity contribution in [2.75, 3.05) is 13.6 Å². The summed E-state index contributed by atoms with van der Waals surface area (Å²) >= 11 is 3.22. The third-order valence-corrected chi connectivity index (χ3v) is 3.04. The summed E-state index contributed by atoms with van der Waals surface area (Å²) < 4.78 is 32.1. The van der Waals surface area contributed by atoms with Gasteiger partial charge >= 0.3 is 0 Å². The van der Waals surface area contributed by atoms with Gasteiger partial charge in [-0.2, -0.15) is 4.39 Å². The van der Waals surface area contributed by atoms with Crippen molar-refractivity contribution in [2.24, 2.45) is 0 Å². The van der Waals surface area contributed by atoms with Gasteiger partial charge in [0.2, 0.25) is 5.82 Å². The molecular weight excluding hydrogens is 280 g/mol. The van der Waals surface area contributed by atoms with E-state index >= 15 is 0 Å². The van der Waals surface area contributed by atoms with Gasteiger partial charge in [0.1, 0.15) is 0 Å². The topological polar surface area (TPSA) is 25.2 Å². The van der Waals surface area contributed by atoms with Crippen LogP contribution in [0, 0.1) is 11.6 Å². The Hall–Kier alpha value is -0.940. The maximum Gasteiger partial charge on any atom is 0.201 e. The normalized spacial score (nSPS) is 11.2. The number of rotatable bonds is 3. The van der Waals surface area contributed by atoms with Crippen molar-refractivity contribution in [3.63, 3.8) is 0 Å². The Kier molecular flexibility index (Phi) is 3.25. The largest absolute Gasteiger partial charge is 0.461 e. The molecule has 0 unspecified atom stereocenters. The minimum Gasteiger partial charge on any atom is -0.461 e. The second kappa shape index (κ2) is 4.51. The Balaban J connectivity index is 2.58. The lowest BCUT2D eigenvalue weighted by atomic mass is 10.1. The molecule has 2 nitrogen and oxygen atoms in total. The van der Waals surface area contributed by atoms with Gasteiger partial charge < -0.3 is 9.73 Å².